The zero-order valence-electron chi connectivity index (χ0n) is 32.0. The van der Waals surface area contributed by atoms with Gasteiger partial charge in [-0.3, -0.25) is 14.5 Å². The van der Waals surface area contributed by atoms with Gasteiger partial charge in [-0.25, -0.2) is 9.97 Å². The number of imidazole rings is 2. The molecule has 9 heteroatoms. The van der Waals surface area contributed by atoms with E-state index >= 15 is 0 Å². The number of carbonyl (C=O) groups excluding carboxylic acids is 2. The van der Waals surface area contributed by atoms with E-state index in [-0.39, 0.29) is 23.9 Å². The monoisotopic (exact) mass is 731 g/mol. The molecule has 2 N–H and O–H groups in total. The minimum atomic E-state index is -0.348. The van der Waals surface area contributed by atoms with Crippen LogP contribution < -0.4 is 0 Å². The molecule has 6 aromatic rings. The molecule has 55 heavy (non-hydrogen) atoms. The fourth-order valence-electron chi connectivity index (χ4n) is 7.75. The highest BCUT2D eigenvalue weighted by Crippen LogP contribution is 2.36. The summed E-state index contributed by atoms with van der Waals surface area (Å²) in [7, 11) is 0. The molecule has 9 nitrogen and oxygen atoms in total. The number of rotatable bonds is 13. The number of amides is 2. The molecular formula is C46H49N7O2. The first-order valence-corrected chi connectivity index (χ1v) is 19.5. The first-order chi connectivity index (χ1) is 26.9. The van der Waals surface area contributed by atoms with Crippen LogP contribution >= 0.6 is 0 Å². The van der Waals surface area contributed by atoms with Crippen molar-refractivity contribution in [1.82, 2.24) is 34.6 Å². The molecule has 4 aromatic carbocycles. The van der Waals surface area contributed by atoms with E-state index in [4.69, 9.17) is 9.97 Å². The molecule has 0 aliphatic carbocycles. The predicted octanol–water partition coefficient (Wildman–Crippen LogP) is 8.08. The van der Waals surface area contributed by atoms with Gasteiger partial charge in [0.25, 0.3) is 0 Å². The Morgan fingerprint density at radius 3 is 2.38 bits per heavy atom. The Kier molecular flexibility index (Phi) is 11.8. The lowest BCUT2D eigenvalue weighted by Crippen LogP contribution is -2.43. The van der Waals surface area contributed by atoms with E-state index in [9.17, 15) is 9.59 Å². The van der Waals surface area contributed by atoms with E-state index in [1.165, 1.54) is 0 Å². The van der Waals surface area contributed by atoms with Crippen molar-refractivity contribution >= 4 is 22.8 Å². The number of nitrogens with zero attached hydrogens (tertiary/aromatic N) is 5. The molecule has 0 spiro atoms. The van der Waals surface area contributed by atoms with Gasteiger partial charge in [0.2, 0.25) is 11.8 Å². The minimum absolute atomic E-state index is 0.0469. The molecule has 0 bridgehead atoms. The number of benzene rings is 4. The molecule has 1 fully saturated rings. The summed E-state index contributed by atoms with van der Waals surface area (Å²) < 4.78 is 0. The van der Waals surface area contributed by atoms with Gasteiger partial charge in [-0.15, -0.1) is 0 Å². The van der Waals surface area contributed by atoms with Crippen LogP contribution in [0.5, 0.6) is 0 Å². The van der Waals surface area contributed by atoms with Crippen molar-refractivity contribution < 1.29 is 9.59 Å². The summed E-state index contributed by atoms with van der Waals surface area (Å²) in [5, 5.41) is 0. The number of nitrogens with one attached hydrogen (secondary N) is 2. The number of carbonyl (C=O) groups is 2. The van der Waals surface area contributed by atoms with Gasteiger partial charge in [0, 0.05) is 29.8 Å². The first kappa shape index (κ1) is 37.3. The van der Waals surface area contributed by atoms with Gasteiger partial charge in [0.1, 0.15) is 11.9 Å². The highest BCUT2D eigenvalue weighted by molar-refractivity contribution is 5.84. The number of H-pyrrole nitrogens is 2. The molecule has 0 saturated carbocycles. The number of aromatic nitrogens is 4. The van der Waals surface area contributed by atoms with E-state index in [1.54, 1.807) is 6.33 Å². The number of likely N-dealkylation sites (tertiary alicyclic amines) is 1. The third-order valence-corrected chi connectivity index (χ3v) is 10.5. The Labute approximate surface area is 323 Å². The molecule has 0 unspecified atom stereocenters. The summed E-state index contributed by atoms with van der Waals surface area (Å²) in [4.78, 5) is 50.1. The second-order valence-electron chi connectivity index (χ2n) is 14.1. The predicted molar refractivity (Wildman–Crippen MR) is 218 cm³/mol. The van der Waals surface area contributed by atoms with Gasteiger partial charge in [0.15, 0.2) is 0 Å². The van der Waals surface area contributed by atoms with E-state index in [0.717, 1.165) is 95.0 Å². The molecule has 1 aliphatic rings. The maximum atomic E-state index is 14.2. The molecule has 7 rings (SSSR count). The summed E-state index contributed by atoms with van der Waals surface area (Å²) in [6.07, 6.45) is 4.81. The normalized spacial score (nSPS) is 14.5. The first-order valence-electron chi connectivity index (χ1n) is 19.5. The number of aromatic amines is 2. The quantitative estimate of drug-likeness (QED) is 0.117. The van der Waals surface area contributed by atoms with Crippen molar-refractivity contribution in [2.45, 2.75) is 65.1 Å². The Morgan fingerprint density at radius 2 is 1.64 bits per heavy atom. The van der Waals surface area contributed by atoms with E-state index in [2.05, 4.69) is 53.5 Å². The van der Waals surface area contributed by atoms with Crippen LogP contribution in [0.3, 0.4) is 0 Å². The third kappa shape index (κ3) is 8.56. The van der Waals surface area contributed by atoms with Gasteiger partial charge in [-0.05, 0) is 73.8 Å². The van der Waals surface area contributed by atoms with Gasteiger partial charge in [-0.2, -0.15) is 0 Å². The fraction of sp³-hybridized carbons (Fsp3) is 0.304. The van der Waals surface area contributed by atoms with Crippen LogP contribution in [0.25, 0.3) is 22.3 Å². The van der Waals surface area contributed by atoms with Crippen molar-refractivity contribution in [2.24, 2.45) is 0 Å². The van der Waals surface area contributed by atoms with Crippen LogP contribution in [-0.2, 0) is 22.6 Å². The highest BCUT2D eigenvalue weighted by atomic mass is 16.2. The summed E-state index contributed by atoms with van der Waals surface area (Å²) in [5.41, 5.74) is 8.25. The lowest BCUT2D eigenvalue weighted by atomic mass is 10.0. The number of fused-ring (bicyclic) bond motifs is 1. The second-order valence-corrected chi connectivity index (χ2v) is 14.1. The third-order valence-electron chi connectivity index (χ3n) is 10.5. The minimum Gasteiger partial charge on any atom is -0.346 e. The van der Waals surface area contributed by atoms with Gasteiger partial charge in [-0.1, -0.05) is 105 Å². The van der Waals surface area contributed by atoms with Crippen molar-refractivity contribution in [2.75, 3.05) is 26.2 Å². The van der Waals surface area contributed by atoms with E-state index in [0.29, 0.717) is 19.5 Å². The van der Waals surface area contributed by atoms with E-state index in [1.807, 2.05) is 107 Å². The van der Waals surface area contributed by atoms with Gasteiger partial charge in [0.05, 0.1) is 47.8 Å². The Morgan fingerprint density at radius 1 is 0.891 bits per heavy atom. The average Bonchev–Trinajstić information content (AvgIpc) is 3.99. The smallest absolute Gasteiger partial charge is 0.244 e. The van der Waals surface area contributed by atoms with Crippen LogP contribution in [0, 0.1) is 11.8 Å². The summed E-state index contributed by atoms with van der Waals surface area (Å²) in [5.74, 6) is 7.66. The Bertz CT molecular complexity index is 2280. The van der Waals surface area contributed by atoms with Crippen molar-refractivity contribution in [3.8, 4) is 23.1 Å². The lowest BCUT2D eigenvalue weighted by Gasteiger charge is -2.33. The molecule has 3 heterocycles. The highest BCUT2D eigenvalue weighted by Gasteiger charge is 2.33. The van der Waals surface area contributed by atoms with Crippen LogP contribution in [0.2, 0.25) is 0 Å². The van der Waals surface area contributed by atoms with Crippen molar-refractivity contribution in [3.05, 3.63) is 143 Å². The Hall–Kier alpha value is -5.98. The maximum absolute atomic E-state index is 14.2. The van der Waals surface area contributed by atoms with Gasteiger partial charge >= 0.3 is 0 Å². The largest absolute Gasteiger partial charge is 0.346 e. The molecule has 2 amide bonds. The van der Waals surface area contributed by atoms with Crippen molar-refractivity contribution in [1.29, 1.82) is 0 Å². The number of hydrogen-bond acceptors (Lipinski definition) is 5. The molecular weight excluding hydrogens is 683 g/mol. The average molecular weight is 732 g/mol. The summed E-state index contributed by atoms with van der Waals surface area (Å²) in [6.45, 7) is 9.64. The van der Waals surface area contributed by atoms with Crippen LogP contribution in [-0.4, -0.2) is 72.6 Å². The van der Waals surface area contributed by atoms with Crippen LogP contribution in [0.1, 0.15) is 85.9 Å². The fourth-order valence-corrected chi connectivity index (χ4v) is 7.75. The lowest BCUT2D eigenvalue weighted by molar-refractivity contribution is -0.138. The zero-order chi connectivity index (χ0) is 38.1. The maximum Gasteiger partial charge on any atom is 0.244 e. The molecule has 2 atom stereocenters. The zero-order valence-corrected chi connectivity index (χ0v) is 32.0. The van der Waals surface area contributed by atoms with Gasteiger partial charge < -0.3 is 19.8 Å². The summed E-state index contributed by atoms with van der Waals surface area (Å²) in [6, 6.07) is 33.7. The summed E-state index contributed by atoms with van der Waals surface area (Å²) >= 11 is 0. The second kappa shape index (κ2) is 17.4. The standard InChI is InChI=1S/C46H49N7O2/c1-4-26-52(46(55)45(51(5-2)6-3)36-18-11-8-12-19-36)31-41-49-38-25-24-35(29-39(38)50-41)23-22-34-17-13-20-37(28-34)43-44(48-32-47-43)40-21-14-27-53(40)42(54)30-33-15-9-7-10-16-33/h7-13,15-20,24-25,28-29,32,40,45H,4-6,14,21,26-27,30-31H2,1-3H3,(H,47,48)(H,49,50)/t40-,45+/m0/s1. The topological polar surface area (TPSA) is 101 Å². The Balaban J connectivity index is 1.07. The van der Waals surface area contributed by atoms with Crippen LogP contribution in [0.15, 0.2) is 109 Å². The SMILES string of the molecule is CCCN(Cc1nc2ccc(C#Cc3cccc(-c4nc[nH]c4[C@@H]4CCCN4C(=O)Cc4ccccc4)c3)cc2[nH]1)C(=O)[C@@H](c1ccccc1)N(CC)CC. The molecule has 1 saturated heterocycles. The molecule has 0 radical (unpaired) electrons. The molecule has 1 aliphatic heterocycles. The van der Waals surface area contributed by atoms with Crippen molar-refractivity contribution in [3.63, 3.8) is 0 Å². The van der Waals surface area contributed by atoms with E-state index < -0.39 is 0 Å². The molecule has 2 aromatic heterocycles. The molecule has 280 valence electrons. The van der Waals surface area contributed by atoms with Crippen LogP contribution in [0.4, 0.5) is 0 Å². The number of likely N-dealkylation sites (N-methyl/N-ethyl adjacent to an activating group) is 1. The number of hydrogen-bond donors (Lipinski definition) is 2.